The maximum absolute atomic E-state index is 12.5. The highest BCUT2D eigenvalue weighted by atomic mass is 16.8. The summed E-state index contributed by atoms with van der Waals surface area (Å²) in [5.74, 6) is -8.12. The molecule has 0 saturated carbocycles. The van der Waals surface area contributed by atoms with Crippen molar-refractivity contribution in [3.63, 3.8) is 0 Å². The molecule has 0 aromatic heterocycles. The van der Waals surface area contributed by atoms with Crippen molar-refractivity contribution in [3.05, 3.63) is 0 Å². The van der Waals surface area contributed by atoms with Crippen LogP contribution in [-0.4, -0.2) is 77.0 Å². The Balaban J connectivity index is 2.44. The first kappa shape index (κ1) is 31.8. The van der Waals surface area contributed by atoms with E-state index in [1.165, 1.54) is 51.4 Å². The third-order valence-electron chi connectivity index (χ3n) is 5.91. The Kier molecular flexibility index (Phi) is 16.0. The largest absolute Gasteiger partial charge is 0.445 e. The molecule has 3 atom stereocenters. The Morgan fingerprint density at radius 3 is 1.69 bits per heavy atom. The second kappa shape index (κ2) is 18.1. The lowest BCUT2D eigenvalue weighted by molar-refractivity contribution is -0.251. The first-order valence-corrected chi connectivity index (χ1v) is 13.0. The van der Waals surface area contributed by atoms with Gasteiger partial charge in [0.2, 0.25) is 12.2 Å². The third-order valence-corrected chi connectivity index (χ3v) is 5.91. The molecule has 1 aliphatic heterocycles. The van der Waals surface area contributed by atoms with Crippen molar-refractivity contribution < 1.29 is 53.4 Å². The average molecular weight is 519 g/mol. The van der Waals surface area contributed by atoms with Gasteiger partial charge in [0.1, 0.15) is 6.61 Å². The van der Waals surface area contributed by atoms with E-state index in [4.69, 9.17) is 14.2 Å². The van der Waals surface area contributed by atoms with E-state index < -0.39 is 61.7 Å². The van der Waals surface area contributed by atoms with E-state index in [1.54, 1.807) is 0 Å². The highest BCUT2D eigenvalue weighted by molar-refractivity contribution is 5.90. The van der Waals surface area contributed by atoms with E-state index >= 15 is 0 Å². The fourth-order valence-corrected chi connectivity index (χ4v) is 3.74. The van der Waals surface area contributed by atoms with Gasteiger partial charge in [0.15, 0.2) is 0 Å². The van der Waals surface area contributed by atoms with Gasteiger partial charge in [-0.3, -0.25) is 4.79 Å². The maximum atomic E-state index is 12.5. The minimum absolute atomic E-state index is 0.105. The standard InChI is InChI=1S/C25H42O11/c1-2-3-4-5-6-7-8-9-10-11-12-13-14-15-21(29)35-25(18-28)24(32)34-19(16-26)22(30)33-20(17-27)23(31)36-25/h19-20,26-28H,2-18H2,1H3. The van der Waals surface area contributed by atoms with Gasteiger partial charge >= 0.3 is 29.7 Å². The Hall–Kier alpha value is -2.24. The van der Waals surface area contributed by atoms with Gasteiger partial charge in [0, 0.05) is 6.42 Å². The summed E-state index contributed by atoms with van der Waals surface area (Å²) in [4.78, 5) is 49.1. The molecule has 0 bridgehead atoms. The number of rotatable bonds is 18. The summed E-state index contributed by atoms with van der Waals surface area (Å²) in [6.07, 6.45) is 10.7. The van der Waals surface area contributed by atoms with Crippen LogP contribution in [-0.2, 0) is 38.1 Å². The Morgan fingerprint density at radius 1 is 0.750 bits per heavy atom. The number of carbonyl (C=O) groups is 4. The van der Waals surface area contributed by atoms with Crippen molar-refractivity contribution in [2.75, 3.05) is 19.8 Å². The monoisotopic (exact) mass is 518 g/mol. The van der Waals surface area contributed by atoms with E-state index in [-0.39, 0.29) is 6.42 Å². The number of ether oxygens (including phenoxy) is 4. The van der Waals surface area contributed by atoms with Crippen LogP contribution in [0.4, 0.5) is 0 Å². The molecule has 1 saturated heterocycles. The molecule has 1 heterocycles. The number of hydrogen-bond acceptors (Lipinski definition) is 11. The van der Waals surface area contributed by atoms with Gasteiger partial charge in [-0.2, -0.15) is 0 Å². The highest BCUT2D eigenvalue weighted by Gasteiger charge is 2.52. The topological polar surface area (TPSA) is 166 Å². The van der Waals surface area contributed by atoms with Crippen LogP contribution in [0.3, 0.4) is 0 Å². The number of carbonyl (C=O) groups excluding carboxylic acids is 4. The van der Waals surface area contributed by atoms with Crippen molar-refractivity contribution in [2.24, 2.45) is 0 Å². The van der Waals surface area contributed by atoms with Crippen LogP contribution >= 0.6 is 0 Å². The van der Waals surface area contributed by atoms with Gasteiger partial charge < -0.3 is 34.3 Å². The molecule has 3 unspecified atom stereocenters. The molecule has 11 nitrogen and oxygen atoms in total. The first-order valence-electron chi connectivity index (χ1n) is 13.0. The van der Waals surface area contributed by atoms with Crippen LogP contribution in [0.5, 0.6) is 0 Å². The quantitative estimate of drug-likeness (QED) is 0.138. The van der Waals surface area contributed by atoms with Crippen molar-refractivity contribution in [1.29, 1.82) is 0 Å². The fourth-order valence-electron chi connectivity index (χ4n) is 3.74. The lowest BCUT2D eigenvalue weighted by Gasteiger charge is -2.28. The summed E-state index contributed by atoms with van der Waals surface area (Å²) in [5, 5.41) is 28.3. The molecule has 11 heteroatoms. The summed E-state index contributed by atoms with van der Waals surface area (Å²) in [6.45, 7) is -1.11. The zero-order chi connectivity index (χ0) is 26.8. The number of aliphatic hydroxyl groups is 3. The van der Waals surface area contributed by atoms with Gasteiger partial charge in [-0.1, -0.05) is 84.0 Å². The zero-order valence-corrected chi connectivity index (χ0v) is 21.3. The number of esters is 4. The SMILES string of the molecule is CCCCCCCCCCCCCCCC(=O)OC1(CO)OC(=O)C(CO)OC(=O)C(CO)OC1=O. The molecular formula is C25H42O11. The number of aliphatic hydroxyl groups excluding tert-OH is 3. The summed E-state index contributed by atoms with van der Waals surface area (Å²) < 4.78 is 19.2. The normalized spacial score (nSPS) is 22.6. The molecule has 0 aliphatic carbocycles. The van der Waals surface area contributed by atoms with Crippen LogP contribution < -0.4 is 0 Å². The molecule has 0 aromatic carbocycles. The van der Waals surface area contributed by atoms with Gasteiger partial charge in [0.25, 0.3) is 0 Å². The van der Waals surface area contributed by atoms with Crippen molar-refractivity contribution in [2.45, 2.75) is 115 Å². The highest BCUT2D eigenvalue weighted by Crippen LogP contribution is 2.22. The van der Waals surface area contributed by atoms with Crippen molar-refractivity contribution in [3.8, 4) is 0 Å². The molecular weight excluding hydrogens is 476 g/mol. The van der Waals surface area contributed by atoms with Crippen LogP contribution in [0, 0.1) is 0 Å². The third kappa shape index (κ3) is 11.2. The molecule has 0 spiro atoms. The van der Waals surface area contributed by atoms with Crippen LogP contribution in [0.25, 0.3) is 0 Å². The van der Waals surface area contributed by atoms with E-state index in [1.807, 2.05) is 0 Å². The van der Waals surface area contributed by atoms with Gasteiger partial charge in [-0.25, -0.2) is 14.4 Å². The molecule has 0 amide bonds. The van der Waals surface area contributed by atoms with Gasteiger partial charge in [-0.15, -0.1) is 0 Å². The number of cyclic esters (lactones) is 3. The zero-order valence-electron chi connectivity index (χ0n) is 21.3. The van der Waals surface area contributed by atoms with E-state index in [9.17, 15) is 34.5 Å². The Labute approximate surface area is 212 Å². The van der Waals surface area contributed by atoms with Crippen LogP contribution in [0.2, 0.25) is 0 Å². The molecule has 0 aromatic rings. The minimum atomic E-state index is -2.89. The second-order valence-electron chi connectivity index (χ2n) is 8.98. The van der Waals surface area contributed by atoms with E-state index in [0.717, 1.165) is 25.7 Å². The van der Waals surface area contributed by atoms with Gasteiger partial charge in [-0.05, 0) is 6.42 Å². The lowest BCUT2D eigenvalue weighted by atomic mass is 10.0. The molecule has 1 fully saturated rings. The molecule has 0 radical (unpaired) electrons. The van der Waals surface area contributed by atoms with Gasteiger partial charge in [0.05, 0.1) is 13.2 Å². The Morgan fingerprint density at radius 2 is 1.22 bits per heavy atom. The van der Waals surface area contributed by atoms with Crippen molar-refractivity contribution in [1.82, 2.24) is 0 Å². The molecule has 36 heavy (non-hydrogen) atoms. The van der Waals surface area contributed by atoms with E-state index in [0.29, 0.717) is 6.42 Å². The molecule has 208 valence electrons. The van der Waals surface area contributed by atoms with Crippen molar-refractivity contribution >= 4 is 23.9 Å². The fraction of sp³-hybridized carbons (Fsp3) is 0.840. The summed E-state index contributed by atoms with van der Waals surface area (Å²) in [5.41, 5.74) is 0. The van der Waals surface area contributed by atoms with E-state index in [2.05, 4.69) is 11.7 Å². The number of hydrogen-bond donors (Lipinski definition) is 3. The smallest absolute Gasteiger partial charge is 0.396 e. The average Bonchev–Trinajstić information content (AvgIpc) is 2.90. The molecule has 3 N–H and O–H groups in total. The maximum Gasteiger partial charge on any atom is 0.396 e. The molecule has 1 rings (SSSR count). The lowest BCUT2D eigenvalue weighted by Crippen LogP contribution is -2.53. The second-order valence-corrected chi connectivity index (χ2v) is 8.98. The predicted molar refractivity (Wildman–Crippen MR) is 126 cm³/mol. The number of unbranched alkanes of at least 4 members (excludes halogenated alkanes) is 12. The van der Waals surface area contributed by atoms with Crippen LogP contribution in [0.15, 0.2) is 0 Å². The molecule has 1 aliphatic rings. The first-order chi connectivity index (χ1) is 17.3. The minimum Gasteiger partial charge on any atom is -0.445 e. The Bertz CT molecular complexity index is 679. The summed E-state index contributed by atoms with van der Waals surface area (Å²) >= 11 is 0. The predicted octanol–water partition coefficient (Wildman–Crippen LogP) is 2.06. The van der Waals surface area contributed by atoms with Crippen LogP contribution in [0.1, 0.15) is 96.8 Å². The summed E-state index contributed by atoms with van der Waals surface area (Å²) in [6, 6.07) is 0. The summed E-state index contributed by atoms with van der Waals surface area (Å²) in [7, 11) is 0.